The van der Waals surface area contributed by atoms with Crippen molar-refractivity contribution in [3.63, 3.8) is 0 Å². The van der Waals surface area contributed by atoms with Crippen molar-refractivity contribution < 1.29 is 32.2 Å². The lowest BCUT2D eigenvalue weighted by Crippen LogP contribution is -2.34. The maximum absolute atomic E-state index is 11.0. The average molecular weight is 1140 g/mol. The average Bonchev–Trinajstić information content (AvgIpc) is 3.98. The Hall–Kier alpha value is -1.70. The highest BCUT2D eigenvalue weighted by molar-refractivity contribution is 7.91. The third-order valence-electron chi connectivity index (χ3n) is 18.2. The van der Waals surface area contributed by atoms with Crippen LogP contribution in [0.2, 0.25) is 0 Å². The van der Waals surface area contributed by atoms with Crippen molar-refractivity contribution >= 4 is 15.7 Å². The Balaban J connectivity index is 0.000000446. The van der Waals surface area contributed by atoms with E-state index in [0.717, 1.165) is 155 Å². The molecule has 2 unspecified atom stereocenters. The predicted molar refractivity (Wildman–Crippen MR) is 335 cm³/mol. The van der Waals surface area contributed by atoms with E-state index in [0.29, 0.717) is 35.2 Å². The molecule has 11 nitrogen and oxygen atoms in total. The Kier molecular flexibility index (Phi) is 41.0. The van der Waals surface area contributed by atoms with Crippen LogP contribution in [0.5, 0.6) is 0 Å². The van der Waals surface area contributed by atoms with Gasteiger partial charge in [0, 0.05) is 77.2 Å². The Morgan fingerprint density at radius 3 is 1.09 bits per heavy atom. The van der Waals surface area contributed by atoms with Crippen LogP contribution in [0.3, 0.4) is 0 Å². The Morgan fingerprint density at radius 1 is 0.494 bits per heavy atom. The molecule has 7 aliphatic heterocycles. The van der Waals surface area contributed by atoms with Gasteiger partial charge >= 0.3 is 0 Å². The van der Waals surface area contributed by atoms with E-state index in [2.05, 4.69) is 152 Å². The van der Waals surface area contributed by atoms with Gasteiger partial charge in [-0.05, 0) is 197 Å². The lowest BCUT2D eigenvalue weighted by atomic mass is 9.87. The number of nitrogens with one attached hydrogen (secondary N) is 1. The summed E-state index contributed by atoms with van der Waals surface area (Å²) in [7, 11) is -2.65. The number of carbonyl (C=O) groups is 1. The lowest BCUT2D eigenvalue weighted by molar-refractivity contribution is -0.123. The summed E-state index contributed by atoms with van der Waals surface area (Å²) >= 11 is 0. The summed E-state index contributed by atoms with van der Waals surface area (Å²) in [5.41, 5.74) is 1.10. The highest BCUT2D eigenvalue weighted by Crippen LogP contribution is 2.36. The van der Waals surface area contributed by atoms with Crippen molar-refractivity contribution in [3.8, 4) is 0 Å². The number of hydrogen-bond donors (Lipinski definition) is 1. The second-order valence-corrected chi connectivity index (χ2v) is 29.7. The molecule has 1 saturated carbocycles. The minimum Gasteiger partial charge on any atom is -0.381 e. The minimum atomic E-state index is -2.65. The highest BCUT2D eigenvalue weighted by Gasteiger charge is 2.28. The number of carbonyl (C=O) groups excluding carboxylic acids is 1. The molecule has 79 heavy (non-hydrogen) atoms. The van der Waals surface area contributed by atoms with E-state index in [1.165, 1.54) is 77.4 Å². The molecule has 1 amide bonds. The molecule has 1 aromatic rings. The summed E-state index contributed by atoms with van der Waals surface area (Å²) in [6.07, 6.45) is 18.3. The van der Waals surface area contributed by atoms with Gasteiger partial charge in [0.25, 0.3) is 0 Å². The van der Waals surface area contributed by atoms with Gasteiger partial charge in [-0.25, -0.2) is 18.4 Å². The van der Waals surface area contributed by atoms with Gasteiger partial charge in [0.05, 0.1) is 11.5 Å². The second kappa shape index (κ2) is 43.0. The Morgan fingerprint density at radius 2 is 0.861 bits per heavy atom. The number of aromatic nitrogens is 2. The molecule has 0 spiro atoms. The fraction of sp³-hybridized carbons (Fsp3) is 0.925. The molecular formula is C67H130N4O7S. The van der Waals surface area contributed by atoms with E-state index in [1.807, 2.05) is 6.07 Å². The van der Waals surface area contributed by atoms with E-state index >= 15 is 0 Å². The van der Waals surface area contributed by atoms with Crippen LogP contribution in [-0.4, -0.2) is 120 Å². The molecule has 466 valence electrons. The number of ether oxygens (including phenoxy) is 4. The topological polar surface area (TPSA) is 129 Å². The molecule has 1 aromatic heterocycles. The zero-order valence-corrected chi connectivity index (χ0v) is 55.9. The van der Waals surface area contributed by atoms with Crippen LogP contribution < -0.4 is 5.32 Å². The molecule has 1 aliphatic carbocycles. The third kappa shape index (κ3) is 35.9. The van der Waals surface area contributed by atoms with Crippen molar-refractivity contribution in [1.29, 1.82) is 0 Å². The van der Waals surface area contributed by atoms with E-state index in [4.69, 9.17) is 18.9 Å². The summed E-state index contributed by atoms with van der Waals surface area (Å²) in [5.74, 6) is 14.4. The fourth-order valence-corrected chi connectivity index (χ4v) is 12.3. The molecule has 0 bridgehead atoms. The molecule has 4 atom stereocenters. The summed E-state index contributed by atoms with van der Waals surface area (Å²) < 4.78 is 42.9. The Bertz CT molecular complexity index is 1630. The van der Waals surface area contributed by atoms with Gasteiger partial charge < -0.3 is 29.2 Å². The molecule has 8 heterocycles. The van der Waals surface area contributed by atoms with Gasteiger partial charge in [0.1, 0.15) is 16.2 Å². The first-order valence-electron chi connectivity index (χ1n) is 32.6. The molecule has 9 rings (SSSR count). The number of sulfone groups is 1. The maximum atomic E-state index is 11.0. The van der Waals surface area contributed by atoms with E-state index in [1.54, 1.807) is 12.5 Å². The monoisotopic (exact) mass is 1130 g/mol. The first-order chi connectivity index (χ1) is 37.3. The molecule has 12 heteroatoms. The molecule has 7 saturated heterocycles. The standard InChI is InChI=1S/C10H21N.C8H16O2S.C8H16O.C7H10N2.C7H13NO.3C7H14O.C6H12/c1-4-11-7-5-10(6-8-11)9(2)3;1-7(2)8-3-5-11(9,10)6-4-8;1-7(2)8-3-5-9-6-4-8;1-6(2)7-3-4-8-5-9-7;1-5(2)6-3-4-8-7(6)9;3*1-6(2)7-3-4-8-5-7;1-5(2)6-3-4-6/h9-10H,4-8H2,1-3H3;7-8H,3-6H2,1-2H3;7-8H,3-6H2,1-2H3;3-6H,1-2H3;5-6H,3-4H2,1-2H3,(H,8,9);3*6-7H,3-5H2,1-2H3;5-6H,3-4H2,1-2H3/t;;;;;2*7-;;/m.....10../s1. The summed E-state index contributed by atoms with van der Waals surface area (Å²) in [5, 5.41) is 2.81. The van der Waals surface area contributed by atoms with Gasteiger partial charge in [-0.2, -0.15) is 0 Å². The number of likely N-dealkylation sites (tertiary alicyclic amines) is 1. The number of rotatable bonds is 10. The number of amides is 1. The molecule has 8 aliphatic rings. The van der Waals surface area contributed by atoms with Crippen LogP contribution in [0, 0.1) is 94.7 Å². The SMILES string of the molecule is CC(C)C1CC1.CC(C)C1CCNC1=O.CC(C)C1CCOC1.CC(C)C1CCOCC1.CC(C)C1CCS(=O)(=O)CC1.CC(C)[C@@H]1CCOC1.CC(C)[C@H]1CCOC1.CC(C)c1ccncn1.CCN1CCC(C(C)C)CC1. The number of nitrogens with zero attached hydrogens (tertiary/aromatic N) is 3. The molecular weight excluding hydrogens is 1000 g/mol. The normalized spacial score (nSPS) is 24.3. The summed E-state index contributed by atoms with van der Waals surface area (Å²) in [6, 6.07) is 1.94. The van der Waals surface area contributed by atoms with Crippen LogP contribution in [-0.2, 0) is 33.6 Å². The van der Waals surface area contributed by atoms with Crippen molar-refractivity contribution in [3.05, 3.63) is 24.3 Å². The first kappa shape index (κ1) is 75.3. The highest BCUT2D eigenvalue weighted by atomic mass is 32.2. The van der Waals surface area contributed by atoms with Gasteiger partial charge in [-0.1, -0.05) is 132 Å². The van der Waals surface area contributed by atoms with E-state index < -0.39 is 9.84 Å². The third-order valence-corrected chi connectivity index (χ3v) is 19.9. The van der Waals surface area contributed by atoms with Crippen molar-refractivity contribution in [1.82, 2.24) is 20.2 Å². The van der Waals surface area contributed by atoms with Crippen molar-refractivity contribution in [2.75, 3.05) is 90.5 Å². The van der Waals surface area contributed by atoms with Crippen LogP contribution in [0.1, 0.15) is 220 Å². The predicted octanol–water partition coefficient (Wildman–Crippen LogP) is 15.4. The van der Waals surface area contributed by atoms with Crippen LogP contribution in [0.4, 0.5) is 0 Å². The van der Waals surface area contributed by atoms with Gasteiger partial charge in [0.2, 0.25) is 5.91 Å². The second-order valence-electron chi connectivity index (χ2n) is 27.3. The molecule has 8 fully saturated rings. The molecule has 0 radical (unpaired) electrons. The van der Waals surface area contributed by atoms with E-state index in [9.17, 15) is 13.2 Å². The summed E-state index contributed by atoms with van der Waals surface area (Å²) in [6.45, 7) is 55.2. The summed E-state index contributed by atoms with van der Waals surface area (Å²) in [4.78, 5) is 21.3. The zero-order valence-electron chi connectivity index (χ0n) is 55.0. The quantitative estimate of drug-likeness (QED) is 0.242. The smallest absolute Gasteiger partial charge is 0.223 e. The fourth-order valence-electron chi connectivity index (χ4n) is 10.8. The largest absolute Gasteiger partial charge is 0.381 e. The lowest BCUT2D eigenvalue weighted by Gasteiger charge is -2.32. The number of hydrogen-bond acceptors (Lipinski definition) is 10. The molecule has 1 N–H and O–H groups in total. The van der Waals surface area contributed by atoms with Gasteiger partial charge in [0.15, 0.2) is 0 Å². The first-order valence-corrected chi connectivity index (χ1v) is 34.4. The maximum Gasteiger partial charge on any atom is 0.223 e. The Labute approximate surface area is 489 Å². The van der Waals surface area contributed by atoms with Gasteiger partial charge in [-0.15, -0.1) is 0 Å². The van der Waals surface area contributed by atoms with Gasteiger partial charge in [-0.3, -0.25) is 4.79 Å². The zero-order chi connectivity index (χ0) is 59.5. The molecule has 0 aromatic carbocycles. The van der Waals surface area contributed by atoms with E-state index in [-0.39, 0.29) is 11.8 Å². The van der Waals surface area contributed by atoms with Crippen LogP contribution in [0.15, 0.2) is 18.6 Å². The van der Waals surface area contributed by atoms with Crippen LogP contribution in [0.25, 0.3) is 0 Å². The minimum absolute atomic E-state index is 0.241. The van der Waals surface area contributed by atoms with Crippen molar-refractivity contribution in [2.45, 2.75) is 215 Å². The van der Waals surface area contributed by atoms with Crippen molar-refractivity contribution in [2.24, 2.45) is 94.7 Å². The number of piperidine rings is 1. The van der Waals surface area contributed by atoms with Crippen LogP contribution >= 0.6 is 0 Å².